The van der Waals surface area contributed by atoms with Crippen molar-refractivity contribution in [1.29, 1.82) is 0 Å². The van der Waals surface area contributed by atoms with Crippen molar-refractivity contribution in [2.24, 2.45) is 5.92 Å². The highest BCUT2D eigenvalue weighted by Gasteiger charge is 2.31. The molecule has 1 atom stereocenters. The summed E-state index contributed by atoms with van der Waals surface area (Å²) in [4.78, 5) is 41.0. The summed E-state index contributed by atoms with van der Waals surface area (Å²) in [5.41, 5.74) is 2.77. The van der Waals surface area contributed by atoms with Gasteiger partial charge >= 0.3 is 0 Å². The quantitative estimate of drug-likeness (QED) is 0.671. The number of methoxy groups -OCH3 is 1. The number of rotatable bonds is 8. The largest absolute Gasteiger partial charge is 0.385 e. The Kier molecular flexibility index (Phi) is 8.64. The number of hydrogen-bond acceptors (Lipinski definition) is 4. The van der Waals surface area contributed by atoms with Crippen molar-refractivity contribution >= 4 is 17.7 Å². The Morgan fingerprint density at radius 1 is 1.21 bits per heavy atom. The Morgan fingerprint density at radius 3 is 2.55 bits per heavy atom. The van der Waals surface area contributed by atoms with Crippen LogP contribution in [0.2, 0.25) is 0 Å². The van der Waals surface area contributed by atoms with Crippen molar-refractivity contribution < 1.29 is 19.1 Å². The maximum atomic E-state index is 12.9. The van der Waals surface area contributed by atoms with E-state index < -0.39 is 0 Å². The van der Waals surface area contributed by atoms with Gasteiger partial charge in [0.1, 0.15) is 0 Å². The molecule has 1 aromatic carbocycles. The Labute approximate surface area is 173 Å². The molecule has 0 radical (unpaired) electrons. The van der Waals surface area contributed by atoms with E-state index in [2.05, 4.69) is 5.32 Å². The lowest BCUT2D eigenvalue weighted by Gasteiger charge is -2.34. The molecule has 1 aromatic rings. The van der Waals surface area contributed by atoms with Crippen LogP contribution in [-0.2, 0) is 14.3 Å². The van der Waals surface area contributed by atoms with Gasteiger partial charge in [0.25, 0.3) is 5.91 Å². The van der Waals surface area contributed by atoms with Crippen molar-refractivity contribution in [2.45, 2.75) is 33.1 Å². The van der Waals surface area contributed by atoms with E-state index >= 15 is 0 Å². The summed E-state index contributed by atoms with van der Waals surface area (Å²) in [6, 6.07) is 5.82. The number of likely N-dealkylation sites (N-methyl/N-ethyl adjacent to an activating group) is 1. The number of hydrogen-bond donors (Lipinski definition) is 1. The van der Waals surface area contributed by atoms with Gasteiger partial charge in [0.05, 0.1) is 12.5 Å². The molecule has 7 nitrogen and oxygen atoms in total. The Balaban J connectivity index is 1.91. The van der Waals surface area contributed by atoms with Crippen LogP contribution in [0.3, 0.4) is 0 Å². The number of amides is 3. The second-order valence-corrected chi connectivity index (χ2v) is 7.86. The molecule has 160 valence electrons. The van der Waals surface area contributed by atoms with Gasteiger partial charge in [-0.3, -0.25) is 14.4 Å². The molecule has 1 unspecified atom stereocenters. The predicted octanol–water partition coefficient (Wildman–Crippen LogP) is 1.77. The van der Waals surface area contributed by atoms with Crippen molar-refractivity contribution in [3.8, 4) is 0 Å². The minimum Gasteiger partial charge on any atom is -0.385 e. The molecular formula is C22H33N3O4. The molecule has 0 spiro atoms. The van der Waals surface area contributed by atoms with Crippen LogP contribution < -0.4 is 5.32 Å². The van der Waals surface area contributed by atoms with Crippen molar-refractivity contribution in [3.05, 3.63) is 34.9 Å². The van der Waals surface area contributed by atoms with E-state index in [1.807, 2.05) is 32.0 Å². The van der Waals surface area contributed by atoms with Crippen molar-refractivity contribution in [2.75, 3.05) is 46.9 Å². The Morgan fingerprint density at radius 2 is 1.90 bits per heavy atom. The Bertz CT molecular complexity index is 715. The van der Waals surface area contributed by atoms with Crippen LogP contribution in [0.25, 0.3) is 0 Å². The van der Waals surface area contributed by atoms with Crippen molar-refractivity contribution in [3.63, 3.8) is 0 Å². The lowest BCUT2D eigenvalue weighted by molar-refractivity contribution is -0.139. The number of carbonyl (C=O) groups excluding carboxylic acids is 3. The van der Waals surface area contributed by atoms with E-state index in [1.54, 1.807) is 19.1 Å². The first-order chi connectivity index (χ1) is 13.8. The van der Waals surface area contributed by atoms with Crippen LogP contribution >= 0.6 is 0 Å². The number of carbonyl (C=O) groups is 3. The minimum absolute atomic E-state index is 0.0212. The molecule has 1 saturated heterocycles. The third kappa shape index (κ3) is 6.85. The lowest BCUT2D eigenvalue weighted by atomic mass is 9.95. The second-order valence-electron chi connectivity index (χ2n) is 7.86. The molecule has 2 rings (SSSR count). The van der Waals surface area contributed by atoms with Gasteiger partial charge < -0.3 is 19.9 Å². The number of aryl methyl sites for hydroxylation is 2. The molecule has 1 N–H and O–H groups in total. The number of benzene rings is 1. The van der Waals surface area contributed by atoms with Crippen LogP contribution in [0.5, 0.6) is 0 Å². The summed E-state index contributed by atoms with van der Waals surface area (Å²) in [5.74, 6) is -0.580. The molecule has 3 amide bonds. The van der Waals surface area contributed by atoms with Crippen LogP contribution in [0.15, 0.2) is 18.2 Å². The number of piperidine rings is 1. The molecule has 1 fully saturated rings. The summed E-state index contributed by atoms with van der Waals surface area (Å²) in [5, 5.41) is 2.79. The predicted molar refractivity (Wildman–Crippen MR) is 112 cm³/mol. The normalized spacial score (nSPS) is 16.4. The van der Waals surface area contributed by atoms with Gasteiger partial charge in [-0.1, -0.05) is 17.2 Å². The first kappa shape index (κ1) is 22.9. The molecule has 0 saturated carbocycles. The third-order valence-electron chi connectivity index (χ3n) is 5.13. The highest BCUT2D eigenvalue weighted by molar-refractivity contribution is 5.95. The maximum Gasteiger partial charge on any atom is 0.253 e. The monoisotopic (exact) mass is 403 g/mol. The van der Waals surface area contributed by atoms with E-state index in [0.717, 1.165) is 30.4 Å². The van der Waals surface area contributed by atoms with Gasteiger partial charge in [-0.2, -0.15) is 0 Å². The molecule has 1 heterocycles. The summed E-state index contributed by atoms with van der Waals surface area (Å²) in [6.45, 7) is 6.12. The van der Waals surface area contributed by atoms with Gasteiger partial charge in [-0.25, -0.2) is 0 Å². The fourth-order valence-electron chi connectivity index (χ4n) is 3.75. The summed E-state index contributed by atoms with van der Waals surface area (Å²) < 4.78 is 4.95. The average molecular weight is 404 g/mol. The molecule has 29 heavy (non-hydrogen) atoms. The highest BCUT2D eigenvalue weighted by atomic mass is 16.5. The zero-order valence-electron chi connectivity index (χ0n) is 18.0. The second kappa shape index (κ2) is 11.0. The zero-order valence-corrected chi connectivity index (χ0v) is 18.0. The third-order valence-corrected chi connectivity index (χ3v) is 5.13. The molecule has 0 aliphatic carbocycles. The number of nitrogens with one attached hydrogen (secondary N) is 1. The zero-order chi connectivity index (χ0) is 21.4. The minimum atomic E-state index is -0.273. The van der Waals surface area contributed by atoms with Gasteiger partial charge in [-0.05, 0) is 45.2 Å². The maximum absolute atomic E-state index is 12.9. The van der Waals surface area contributed by atoms with Crippen LogP contribution in [0.4, 0.5) is 0 Å². The van der Waals surface area contributed by atoms with E-state index in [9.17, 15) is 14.4 Å². The van der Waals surface area contributed by atoms with Gasteiger partial charge in [0, 0.05) is 46.0 Å². The molecule has 0 bridgehead atoms. The smallest absolute Gasteiger partial charge is 0.253 e. The van der Waals surface area contributed by atoms with Crippen LogP contribution in [-0.4, -0.2) is 74.5 Å². The summed E-state index contributed by atoms with van der Waals surface area (Å²) in [7, 11) is 3.26. The fourth-order valence-corrected chi connectivity index (χ4v) is 3.75. The number of ether oxygens (including phenoxy) is 1. The van der Waals surface area contributed by atoms with Gasteiger partial charge in [0.15, 0.2) is 0 Å². The van der Waals surface area contributed by atoms with Gasteiger partial charge in [-0.15, -0.1) is 0 Å². The molecule has 0 aromatic heterocycles. The van der Waals surface area contributed by atoms with Crippen LogP contribution in [0, 0.1) is 19.8 Å². The first-order valence-corrected chi connectivity index (χ1v) is 10.2. The first-order valence-electron chi connectivity index (χ1n) is 10.2. The van der Waals surface area contributed by atoms with E-state index in [0.29, 0.717) is 31.8 Å². The standard InChI is InChI=1S/C22H33N3O4/c1-16-11-17(2)13-19(12-16)22(28)25-9-5-7-18(14-25)21(27)24(3)15-20(26)23-8-6-10-29-4/h11-13,18H,5-10,14-15H2,1-4H3,(H,23,26). The van der Waals surface area contributed by atoms with E-state index in [4.69, 9.17) is 4.74 Å². The van der Waals surface area contributed by atoms with Gasteiger partial charge in [0.2, 0.25) is 11.8 Å². The van der Waals surface area contributed by atoms with Crippen molar-refractivity contribution in [1.82, 2.24) is 15.1 Å². The lowest BCUT2D eigenvalue weighted by Crippen LogP contribution is -2.47. The Hall–Kier alpha value is -2.41. The highest BCUT2D eigenvalue weighted by Crippen LogP contribution is 2.21. The number of likely N-dealkylation sites (tertiary alicyclic amines) is 1. The molecule has 1 aliphatic rings. The van der Waals surface area contributed by atoms with E-state index in [1.165, 1.54) is 4.90 Å². The van der Waals surface area contributed by atoms with Crippen LogP contribution in [0.1, 0.15) is 40.7 Å². The molecular weight excluding hydrogens is 370 g/mol. The summed E-state index contributed by atoms with van der Waals surface area (Å²) in [6.07, 6.45) is 2.25. The SMILES string of the molecule is COCCCNC(=O)CN(C)C(=O)C1CCCN(C(=O)c2cc(C)cc(C)c2)C1. The molecule has 1 aliphatic heterocycles. The topological polar surface area (TPSA) is 79.0 Å². The summed E-state index contributed by atoms with van der Waals surface area (Å²) >= 11 is 0. The average Bonchev–Trinajstić information content (AvgIpc) is 2.69. The number of nitrogens with zero attached hydrogens (tertiary/aromatic N) is 2. The fraction of sp³-hybridized carbons (Fsp3) is 0.591. The molecule has 7 heteroatoms. The van der Waals surface area contributed by atoms with E-state index in [-0.39, 0.29) is 30.2 Å².